The number of piperazine rings is 1. The summed E-state index contributed by atoms with van der Waals surface area (Å²) in [7, 11) is 1.79. The van der Waals surface area contributed by atoms with Crippen LogP contribution in [0, 0.1) is 11.8 Å². The number of nitrogens with zero attached hydrogens (tertiary/aromatic N) is 4. The predicted molar refractivity (Wildman–Crippen MR) is 164 cm³/mol. The second-order valence-electron chi connectivity index (χ2n) is 12.0. The molecule has 0 aliphatic carbocycles. The highest BCUT2D eigenvalue weighted by atomic mass is 16.6. The highest BCUT2D eigenvalue weighted by molar-refractivity contribution is 5.77. The van der Waals surface area contributed by atoms with E-state index >= 15 is 0 Å². The van der Waals surface area contributed by atoms with Crippen LogP contribution in [0.4, 0.5) is 0 Å². The highest BCUT2D eigenvalue weighted by Crippen LogP contribution is 2.20. The minimum atomic E-state index is 0.00370. The van der Waals surface area contributed by atoms with E-state index in [1.807, 2.05) is 18.7 Å². The maximum absolute atomic E-state index is 12.6. The summed E-state index contributed by atoms with van der Waals surface area (Å²) in [4.78, 5) is 33.1. The molecule has 0 aromatic heterocycles. The summed E-state index contributed by atoms with van der Waals surface area (Å²) in [6, 6.07) is 0.653. The third-order valence-electron chi connectivity index (χ3n) is 8.01. The van der Waals surface area contributed by atoms with Crippen LogP contribution >= 0.6 is 0 Å². The average Bonchev–Trinajstić information content (AvgIpc) is 2.98. The number of rotatable bonds is 22. The average molecular weight is 601 g/mol. The van der Waals surface area contributed by atoms with Crippen molar-refractivity contribution in [1.29, 1.82) is 0 Å². The lowest BCUT2D eigenvalue weighted by Crippen LogP contribution is -2.50. The Hall–Kier alpha value is -1.34. The topological polar surface area (TPSA) is 93.2 Å². The van der Waals surface area contributed by atoms with Crippen LogP contribution in [0.25, 0.3) is 0 Å². The van der Waals surface area contributed by atoms with Gasteiger partial charge < -0.3 is 38.4 Å². The van der Waals surface area contributed by atoms with Crippen LogP contribution in [0.5, 0.6) is 0 Å². The maximum Gasteiger partial charge on any atom is 0.224 e. The number of hydrogen-bond acceptors (Lipinski definition) is 9. The summed E-state index contributed by atoms with van der Waals surface area (Å²) in [6.45, 7) is 21.0. The number of likely N-dealkylation sites (N-methyl/N-ethyl adjacent to an activating group) is 1. The van der Waals surface area contributed by atoms with E-state index in [-0.39, 0.29) is 17.7 Å². The molecule has 11 heteroatoms. The number of ether oxygens (including phenoxy) is 5. The molecule has 11 nitrogen and oxygen atoms in total. The molecule has 2 aliphatic heterocycles. The van der Waals surface area contributed by atoms with E-state index in [1.54, 1.807) is 11.9 Å². The minimum absolute atomic E-state index is 0.00370. The molecule has 0 aromatic carbocycles. The summed E-state index contributed by atoms with van der Waals surface area (Å²) in [5.74, 6) is 1.11. The maximum atomic E-state index is 12.6. The fourth-order valence-electron chi connectivity index (χ4n) is 5.25. The third-order valence-corrected chi connectivity index (χ3v) is 8.01. The van der Waals surface area contributed by atoms with Crippen LogP contribution in [0.3, 0.4) is 0 Å². The van der Waals surface area contributed by atoms with Crippen molar-refractivity contribution < 1.29 is 33.3 Å². The first-order chi connectivity index (χ1) is 20.3. The molecule has 2 amide bonds. The first-order valence-electron chi connectivity index (χ1n) is 16.2. The molecule has 2 saturated heterocycles. The molecular formula is C31H60N4O7. The molecule has 0 N–H and O–H groups in total. The van der Waals surface area contributed by atoms with E-state index in [9.17, 15) is 9.59 Å². The summed E-state index contributed by atoms with van der Waals surface area (Å²) >= 11 is 0. The molecule has 0 spiro atoms. The quantitative estimate of drug-likeness (QED) is 0.173. The first kappa shape index (κ1) is 36.8. The minimum Gasteiger partial charge on any atom is -0.379 e. The molecule has 2 heterocycles. The molecule has 0 unspecified atom stereocenters. The summed E-state index contributed by atoms with van der Waals surface area (Å²) in [5.41, 5.74) is 0. The third kappa shape index (κ3) is 15.9. The van der Waals surface area contributed by atoms with E-state index in [4.69, 9.17) is 23.7 Å². The zero-order valence-electron chi connectivity index (χ0n) is 27.2. The first-order valence-corrected chi connectivity index (χ1v) is 16.2. The number of amides is 2. The van der Waals surface area contributed by atoms with Gasteiger partial charge in [-0.1, -0.05) is 13.8 Å². The van der Waals surface area contributed by atoms with Crippen LogP contribution in [-0.2, 0) is 33.3 Å². The van der Waals surface area contributed by atoms with Gasteiger partial charge in [0, 0.05) is 58.3 Å². The number of carbonyl (C=O) groups excluding carboxylic acids is 2. The molecule has 2 rings (SSSR count). The number of piperidine rings is 1. The van der Waals surface area contributed by atoms with Gasteiger partial charge in [-0.05, 0) is 45.7 Å². The Balaban J connectivity index is 1.31. The molecule has 246 valence electrons. The number of hydrogen-bond donors (Lipinski definition) is 0. The molecule has 2 aliphatic rings. The SMILES string of the molecule is CC(C)C(=O)N(C)CCOCCOCCOCCOCCOCCC(=O)N1CCN(CC2CCN(C(C)C)CC2)CC1. The Kier molecular flexibility index (Phi) is 19.5. The van der Waals surface area contributed by atoms with Crippen molar-refractivity contribution in [2.24, 2.45) is 11.8 Å². The van der Waals surface area contributed by atoms with E-state index < -0.39 is 0 Å². The Bertz CT molecular complexity index is 711. The normalized spacial score (nSPS) is 17.5. The van der Waals surface area contributed by atoms with E-state index in [0.29, 0.717) is 85.1 Å². The molecule has 0 aromatic rings. The van der Waals surface area contributed by atoms with Gasteiger partial charge >= 0.3 is 0 Å². The van der Waals surface area contributed by atoms with Gasteiger partial charge in [-0.25, -0.2) is 0 Å². The Labute approximate surface area is 255 Å². The molecule has 2 fully saturated rings. The van der Waals surface area contributed by atoms with Gasteiger partial charge in [0.25, 0.3) is 0 Å². The van der Waals surface area contributed by atoms with Crippen LogP contribution in [-0.4, -0.2) is 163 Å². The van der Waals surface area contributed by atoms with Crippen LogP contribution < -0.4 is 0 Å². The Morgan fingerprint density at radius 1 is 0.690 bits per heavy atom. The zero-order chi connectivity index (χ0) is 30.6. The fraction of sp³-hybridized carbons (Fsp3) is 0.935. The highest BCUT2D eigenvalue weighted by Gasteiger charge is 2.26. The lowest BCUT2D eigenvalue weighted by molar-refractivity contribution is -0.134. The molecule has 42 heavy (non-hydrogen) atoms. The van der Waals surface area contributed by atoms with Crippen LogP contribution in [0.1, 0.15) is 47.0 Å². The molecule has 0 saturated carbocycles. The van der Waals surface area contributed by atoms with E-state index in [2.05, 4.69) is 23.6 Å². The van der Waals surface area contributed by atoms with Gasteiger partial charge in [0.1, 0.15) is 0 Å². The van der Waals surface area contributed by atoms with E-state index in [0.717, 1.165) is 32.1 Å². The zero-order valence-corrected chi connectivity index (χ0v) is 27.2. The molecule has 0 bridgehead atoms. The largest absolute Gasteiger partial charge is 0.379 e. The predicted octanol–water partition coefficient (Wildman–Crippen LogP) is 1.84. The lowest BCUT2D eigenvalue weighted by atomic mass is 9.95. The van der Waals surface area contributed by atoms with Crippen LogP contribution in [0.15, 0.2) is 0 Å². The fourth-order valence-corrected chi connectivity index (χ4v) is 5.25. The summed E-state index contributed by atoms with van der Waals surface area (Å²) in [5, 5.41) is 0. The lowest BCUT2D eigenvalue weighted by Gasteiger charge is -2.39. The van der Waals surface area contributed by atoms with Gasteiger partial charge in [0.2, 0.25) is 11.8 Å². The van der Waals surface area contributed by atoms with Crippen LogP contribution in [0.2, 0.25) is 0 Å². The van der Waals surface area contributed by atoms with Gasteiger partial charge in [-0.3, -0.25) is 14.5 Å². The molecule has 0 atom stereocenters. The smallest absolute Gasteiger partial charge is 0.224 e. The summed E-state index contributed by atoms with van der Waals surface area (Å²) in [6.07, 6.45) is 3.01. The van der Waals surface area contributed by atoms with Gasteiger partial charge in [-0.15, -0.1) is 0 Å². The van der Waals surface area contributed by atoms with Crippen molar-refractivity contribution >= 4 is 11.8 Å². The van der Waals surface area contributed by atoms with E-state index in [1.165, 1.54) is 32.5 Å². The Morgan fingerprint density at radius 2 is 1.17 bits per heavy atom. The monoisotopic (exact) mass is 600 g/mol. The Morgan fingerprint density at radius 3 is 1.64 bits per heavy atom. The second-order valence-corrected chi connectivity index (χ2v) is 12.0. The van der Waals surface area contributed by atoms with Crippen molar-refractivity contribution in [2.75, 3.05) is 125 Å². The van der Waals surface area contributed by atoms with Crippen molar-refractivity contribution in [3.63, 3.8) is 0 Å². The van der Waals surface area contributed by atoms with Crippen molar-refractivity contribution in [3.05, 3.63) is 0 Å². The van der Waals surface area contributed by atoms with Crippen molar-refractivity contribution in [3.8, 4) is 0 Å². The number of carbonyl (C=O) groups is 2. The van der Waals surface area contributed by atoms with Crippen molar-refractivity contribution in [1.82, 2.24) is 19.6 Å². The van der Waals surface area contributed by atoms with Gasteiger partial charge in [-0.2, -0.15) is 0 Å². The molecular weight excluding hydrogens is 540 g/mol. The molecule has 0 radical (unpaired) electrons. The summed E-state index contributed by atoms with van der Waals surface area (Å²) < 4.78 is 27.6. The standard InChI is InChI=1S/C31H60N4O7/c1-27(2)31(37)32(5)15-17-39-19-21-41-23-25-42-24-22-40-20-18-38-16-8-30(36)35-13-11-33(12-14-35)26-29-6-9-34(10-7-29)28(3)4/h27-29H,6-26H2,1-5H3. The number of likely N-dealkylation sites (tertiary alicyclic amines) is 1. The van der Waals surface area contributed by atoms with Gasteiger partial charge in [0.15, 0.2) is 0 Å². The van der Waals surface area contributed by atoms with Crippen molar-refractivity contribution in [2.45, 2.75) is 53.0 Å². The second kappa shape index (κ2) is 22.2. The van der Waals surface area contributed by atoms with Gasteiger partial charge in [0.05, 0.1) is 72.5 Å².